The van der Waals surface area contributed by atoms with Gasteiger partial charge in [-0.3, -0.25) is 9.59 Å². The molecular formula is C25H33N3O3. The van der Waals surface area contributed by atoms with Gasteiger partial charge >= 0.3 is 0 Å². The summed E-state index contributed by atoms with van der Waals surface area (Å²) in [5, 5.41) is 5.83. The molecule has 2 amide bonds. The highest BCUT2D eigenvalue weighted by molar-refractivity contribution is 6.06. The van der Waals surface area contributed by atoms with E-state index in [0.29, 0.717) is 30.0 Å². The van der Waals surface area contributed by atoms with Gasteiger partial charge in [-0.2, -0.15) is 0 Å². The van der Waals surface area contributed by atoms with Gasteiger partial charge in [0.15, 0.2) is 0 Å². The first-order valence-electron chi connectivity index (χ1n) is 10.9. The highest BCUT2D eigenvalue weighted by Gasteiger charge is 2.21. The van der Waals surface area contributed by atoms with Gasteiger partial charge in [0.05, 0.1) is 12.2 Å². The second-order valence-electron chi connectivity index (χ2n) is 8.96. The Morgan fingerprint density at radius 3 is 2.29 bits per heavy atom. The van der Waals surface area contributed by atoms with Gasteiger partial charge in [-0.1, -0.05) is 32.9 Å². The molecule has 0 atom stereocenters. The number of rotatable bonds is 7. The number of carbonyl (C=O) groups excluding carboxylic acids is 2. The standard InChI is InChI=1S/C25H33N3O3/c1-25(2,3)19-9-7-18(8-10-19)23(29)27-20-11-12-22(28-14-5-6-15-28)21(17-20)24(30)26-13-16-31-4/h7-12,17H,5-6,13-16H2,1-4H3,(H,26,30)(H,27,29). The molecule has 1 aliphatic rings. The number of carbonyl (C=O) groups is 2. The van der Waals surface area contributed by atoms with E-state index in [4.69, 9.17) is 4.74 Å². The highest BCUT2D eigenvalue weighted by atomic mass is 16.5. The van der Waals surface area contributed by atoms with E-state index < -0.39 is 0 Å². The van der Waals surface area contributed by atoms with Crippen molar-refractivity contribution in [3.63, 3.8) is 0 Å². The number of methoxy groups -OCH3 is 1. The lowest BCUT2D eigenvalue weighted by atomic mass is 9.87. The minimum Gasteiger partial charge on any atom is -0.383 e. The molecule has 0 aliphatic carbocycles. The van der Waals surface area contributed by atoms with Crippen LogP contribution in [0.15, 0.2) is 42.5 Å². The van der Waals surface area contributed by atoms with Crippen molar-refractivity contribution < 1.29 is 14.3 Å². The van der Waals surface area contributed by atoms with Gasteiger partial charge in [-0.15, -0.1) is 0 Å². The summed E-state index contributed by atoms with van der Waals surface area (Å²) in [4.78, 5) is 27.8. The van der Waals surface area contributed by atoms with Crippen molar-refractivity contribution in [2.24, 2.45) is 0 Å². The van der Waals surface area contributed by atoms with Crippen LogP contribution >= 0.6 is 0 Å². The molecule has 6 nitrogen and oxygen atoms in total. The van der Waals surface area contributed by atoms with E-state index in [1.165, 1.54) is 5.56 Å². The minimum atomic E-state index is -0.194. The first kappa shape index (κ1) is 22.8. The van der Waals surface area contributed by atoms with Crippen LogP contribution < -0.4 is 15.5 Å². The lowest BCUT2D eigenvalue weighted by molar-refractivity contribution is 0.0936. The summed E-state index contributed by atoms with van der Waals surface area (Å²) in [6.45, 7) is 9.18. The Morgan fingerprint density at radius 1 is 1.00 bits per heavy atom. The number of hydrogen-bond acceptors (Lipinski definition) is 4. The van der Waals surface area contributed by atoms with Crippen LogP contribution in [0.25, 0.3) is 0 Å². The lowest BCUT2D eigenvalue weighted by Crippen LogP contribution is -2.30. The van der Waals surface area contributed by atoms with Crippen LogP contribution in [-0.2, 0) is 10.2 Å². The number of ether oxygens (including phenoxy) is 1. The molecule has 3 rings (SSSR count). The molecule has 0 radical (unpaired) electrons. The highest BCUT2D eigenvalue weighted by Crippen LogP contribution is 2.28. The average Bonchev–Trinajstić information content (AvgIpc) is 3.28. The Balaban J connectivity index is 1.79. The second-order valence-corrected chi connectivity index (χ2v) is 8.96. The zero-order valence-corrected chi connectivity index (χ0v) is 19.0. The molecule has 2 aromatic rings. The van der Waals surface area contributed by atoms with E-state index in [1.54, 1.807) is 13.2 Å². The molecule has 1 heterocycles. The van der Waals surface area contributed by atoms with Crippen LogP contribution in [0.1, 0.15) is 59.9 Å². The molecule has 6 heteroatoms. The maximum Gasteiger partial charge on any atom is 0.255 e. The molecule has 0 aromatic heterocycles. The van der Waals surface area contributed by atoms with Crippen molar-refractivity contribution in [2.45, 2.75) is 39.0 Å². The Kier molecular flexibility index (Phi) is 7.33. The topological polar surface area (TPSA) is 70.7 Å². The van der Waals surface area contributed by atoms with E-state index in [2.05, 4.69) is 36.3 Å². The van der Waals surface area contributed by atoms with Crippen LogP contribution in [0.3, 0.4) is 0 Å². The van der Waals surface area contributed by atoms with Crippen molar-refractivity contribution in [3.05, 3.63) is 59.2 Å². The monoisotopic (exact) mass is 423 g/mol. The van der Waals surface area contributed by atoms with Gasteiger partial charge in [0.25, 0.3) is 11.8 Å². The Morgan fingerprint density at radius 2 is 1.68 bits per heavy atom. The third-order valence-corrected chi connectivity index (χ3v) is 5.55. The normalized spacial score (nSPS) is 13.9. The molecule has 0 saturated carbocycles. The van der Waals surface area contributed by atoms with Crippen molar-refractivity contribution in [1.29, 1.82) is 0 Å². The van der Waals surface area contributed by atoms with E-state index in [0.717, 1.165) is 31.6 Å². The zero-order chi connectivity index (χ0) is 22.4. The molecule has 0 spiro atoms. The number of benzene rings is 2. The van der Waals surface area contributed by atoms with E-state index in [1.807, 2.05) is 36.4 Å². The first-order chi connectivity index (χ1) is 14.8. The molecule has 1 fully saturated rings. The summed E-state index contributed by atoms with van der Waals surface area (Å²) in [6.07, 6.45) is 2.24. The molecule has 2 aromatic carbocycles. The SMILES string of the molecule is COCCNC(=O)c1cc(NC(=O)c2ccc(C(C)(C)C)cc2)ccc1N1CCCC1. The molecule has 0 unspecified atom stereocenters. The van der Waals surface area contributed by atoms with Crippen molar-refractivity contribution in [2.75, 3.05) is 43.6 Å². The molecule has 2 N–H and O–H groups in total. The predicted octanol–water partition coefficient (Wildman–Crippen LogP) is 4.21. The molecule has 0 bridgehead atoms. The summed E-state index contributed by atoms with van der Waals surface area (Å²) >= 11 is 0. The quantitative estimate of drug-likeness (QED) is 0.655. The van der Waals surface area contributed by atoms with E-state index in [-0.39, 0.29) is 17.2 Å². The number of nitrogens with one attached hydrogen (secondary N) is 2. The van der Waals surface area contributed by atoms with Gasteiger partial charge in [0.2, 0.25) is 0 Å². The maximum absolute atomic E-state index is 12.8. The van der Waals surface area contributed by atoms with Crippen LogP contribution in [0, 0.1) is 0 Å². The number of hydrogen-bond donors (Lipinski definition) is 2. The molecule has 1 aliphatic heterocycles. The fourth-order valence-electron chi connectivity index (χ4n) is 3.72. The fraction of sp³-hybridized carbons (Fsp3) is 0.440. The maximum atomic E-state index is 12.8. The van der Waals surface area contributed by atoms with Crippen LogP contribution in [0.4, 0.5) is 11.4 Å². The molecule has 166 valence electrons. The molecular weight excluding hydrogens is 390 g/mol. The number of anilines is 2. The molecule has 1 saturated heterocycles. The van der Waals surface area contributed by atoms with Crippen molar-refractivity contribution in [1.82, 2.24) is 5.32 Å². The Bertz CT molecular complexity index is 911. The number of nitrogens with zero attached hydrogens (tertiary/aromatic N) is 1. The predicted molar refractivity (Wildman–Crippen MR) is 125 cm³/mol. The summed E-state index contributed by atoms with van der Waals surface area (Å²) in [6, 6.07) is 13.2. The third kappa shape index (κ3) is 5.85. The number of amides is 2. The van der Waals surface area contributed by atoms with Gasteiger partial charge in [0.1, 0.15) is 0 Å². The first-order valence-corrected chi connectivity index (χ1v) is 10.9. The summed E-state index contributed by atoms with van der Waals surface area (Å²) in [5.41, 5.74) is 3.87. The summed E-state index contributed by atoms with van der Waals surface area (Å²) < 4.78 is 5.03. The lowest BCUT2D eigenvalue weighted by Gasteiger charge is -2.22. The van der Waals surface area contributed by atoms with Gasteiger partial charge in [-0.05, 0) is 54.2 Å². The molecule has 31 heavy (non-hydrogen) atoms. The van der Waals surface area contributed by atoms with E-state index >= 15 is 0 Å². The zero-order valence-electron chi connectivity index (χ0n) is 19.0. The summed E-state index contributed by atoms with van der Waals surface area (Å²) in [7, 11) is 1.60. The van der Waals surface area contributed by atoms with E-state index in [9.17, 15) is 9.59 Å². The van der Waals surface area contributed by atoms with Crippen molar-refractivity contribution >= 4 is 23.2 Å². The fourth-order valence-corrected chi connectivity index (χ4v) is 3.72. The average molecular weight is 424 g/mol. The Labute approximate surface area is 185 Å². The Hall–Kier alpha value is -2.86. The second kappa shape index (κ2) is 9.96. The minimum absolute atomic E-state index is 0.0332. The smallest absolute Gasteiger partial charge is 0.255 e. The van der Waals surface area contributed by atoms with Gasteiger partial charge in [0, 0.05) is 43.7 Å². The van der Waals surface area contributed by atoms with Crippen LogP contribution in [0.5, 0.6) is 0 Å². The van der Waals surface area contributed by atoms with Gasteiger partial charge < -0.3 is 20.3 Å². The summed E-state index contributed by atoms with van der Waals surface area (Å²) in [5.74, 6) is -0.357. The largest absolute Gasteiger partial charge is 0.383 e. The van der Waals surface area contributed by atoms with Crippen LogP contribution in [-0.4, -0.2) is 45.2 Å². The van der Waals surface area contributed by atoms with Crippen molar-refractivity contribution in [3.8, 4) is 0 Å². The third-order valence-electron chi connectivity index (χ3n) is 5.55. The van der Waals surface area contributed by atoms with Gasteiger partial charge in [-0.25, -0.2) is 0 Å². The van der Waals surface area contributed by atoms with Crippen LogP contribution in [0.2, 0.25) is 0 Å².